The van der Waals surface area contributed by atoms with Gasteiger partial charge in [-0.25, -0.2) is 9.97 Å². The molecular weight excluding hydrogens is 434 g/mol. The Labute approximate surface area is 187 Å². The molecule has 0 amide bonds. The molecule has 4 aromatic rings. The van der Waals surface area contributed by atoms with Crippen LogP contribution in [0, 0.1) is 0 Å². The summed E-state index contributed by atoms with van der Waals surface area (Å²) in [6.45, 7) is 4.20. The summed E-state index contributed by atoms with van der Waals surface area (Å²) in [5.74, 6) is 1.14. The number of aromatic hydroxyl groups is 2. The molecule has 0 fully saturated rings. The summed E-state index contributed by atoms with van der Waals surface area (Å²) in [5, 5.41) is 28.3. The van der Waals surface area contributed by atoms with E-state index in [1.54, 1.807) is 12.1 Å². The van der Waals surface area contributed by atoms with Gasteiger partial charge in [0.25, 0.3) is 0 Å². The van der Waals surface area contributed by atoms with Crippen molar-refractivity contribution < 1.29 is 29.7 Å². The Morgan fingerprint density at radius 1 is 0.733 bits per heavy atom. The van der Waals surface area contributed by atoms with Gasteiger partial charge in [-0.2, -0.15) is 19.6 Å². The first-order chi connectivity index (χ1) is 14.1. The summed E-state index contributed by atoms with van der Waals surface area (Å²) < 4.78 is 2.79. The number of rotatable bonds is 6. The largest absolute Gasteiger partial charge is 0.493 e. The predicted octanol–water partition coefficient (Wildman–Crippen LogP) is 3.36. The van der Waals surface area contributed by atoms with Gasteiger partial charge in [0.15, 0.2) is 11.6 Å². The van der Waals surface area contributed by atoms with Gasteiger partial charge < -0.3 is 10.2 Å². The van der Waals surface area contributed by atoms with Crippen LogP contribution in [0.5, 0.6) is 11.8 Å². The van der Waals surface area contributed by atoms with Crippen molar-refractivity contribution in [3.8, 4) is 23.4 Å². The van der Waals surface area contributed by atoms with Gasteiger partial charge >= 0.3 is 0 Å². The molecule has 0 saturated heterocycles. The minimum Gasteiger partial charge on any atom is -0.493 e. The van der Waals surface area contributed by atoms with E-state index < -0.39 is 5.41 Å². The molecule has 0 atom stereocenters. The van der Waals surface area contributed by atoms with Gasteiger partial charge in [-0.05, 0) is 37.1 Å². The van der Waals surface area contributed by atoms with Crippen molar-refractivity contribution in [2.75, 3.05) is 0 Å². The van der Waals surface area contributed by atoms with E-state index in [4.69, 9.17) is 9.97 Å². The zero-order valence-electron chi connectivity index (χ0n) is 17.0. The van der Waals surface area contributed by atoms with Crippen LogP contribution in [0.15, 0.2) is 60.9 Å². The Morgan fingerprint density at radius 3 is 1.50 bits per heavy atom. The van der Waals surface area contributed by atoms with E-state index in [2.05, 4.69) is 24.0 Å². The predicted molar refractivity (Wildman–Crippen MR) is 107 cm³/mol. The molecule has 0 aliphatic carbocycles. The van der Waals surface area contributed by atoms with E-state index in [9.17, 15) is 10.2 Å². The number of nitrogens with zero attached hydrogens (tertiary/aromatic N) is 6. The molecule has 4 heterocycles. The molecule has 0 radical (unpaired) electrons. The van der Waals surface area contributed by atoms with Gasteiger partial charge in [0.1, 0.15) is 0 Å². The molecule has 0 saturated carbocycles. The van der Waals surface area contributed by atoms with Crippen molar-refractivity contribution in [2.24, 2.45) is 0 Å². The number of hydrogen-bond acceptors (Lipinski definition) is 6. The topological polar surface area (TPSA) is 102 Å². The summed E-state index contributed by atoms with van der Waals surface area (Å²) in [5.41, 5.74) is 1.23. The third-order valence-electron chi connectivity index (χ3n) is 5.34. The second kappa shape index (κ2) is 8.75. The Morgan fingerprint density at radius 2 is 1.17 bits per heavy atom. The van der Waals surface area contributed by atoms with Crippen molar-refractivity contribution in [1.82, 2.24) is 29.5 Å². The van der Waals surface area contributed by atoms with E-state index in [0.29, 0.717) is 11.6 Å². The van der Waals surface area contributed by atoms with E-state index >= 15 is 0 Å². The molecule has 4 aromatic heterocycles. The number of hydrogen-bond donors (Lipinski definition) is 2. The monoisotopic (exact) mass is 454 g/mol. The number of pyridine rings is 2. The molecule has 2 N–H and O–H groups in total. The van der Waals surface area contributed by atoms with Gasteiger partial charge in [-0.1, -0.05) is 26.0 Å². The Kier molecular flexibility index (Phi) is 6.32. The van der Waals surface area contributed by atoms with Crippen LogP contribution in [0.4, 0.5) is 0 Å². The van der Waals surface area contributed by atoms with Gasteiger partial charge in [-0.15, -0.1) is 0 Å². The van der Waals surface area contributed by atoms with E-state index in [-0.39, 0.29) is 31.2 Å². The Hall–Kier alpha value is -3.06. The minimum absolute atomic E-state index is 0. The molecule has 150 valence electrons. The normalized spacial score (nSPS) is 11.3. The molecule has 30 heavy (non-hydrogen) atoms. The van der Waals surface area contributed by atoms with Crippen molar-refractivity contribution in [2.45, 2.75) is 32.1 Å². The molecule has 9 heteroatoms. The Bertz CT molecular complexity index is 1050. The van der Waals surface area contributed by atoms with Crippen LogP contribution in [0.1, 0.15) is 38.1 Å². The average molecular weight is 456 g/mol. The van der Waals surface area contributed by atoms with Crippen molar-refractivity contribution in [1.29, 1.82) is 0 Å². The van der Waals surface area contributed by atoms with E-state index in [0.717, 1.165) is 24.2 Å². The summed E-state index contributed by atoms with van der Waals surface area (Å²) in [6, 6.07) is 14.4. The molecule has 0 spiro atoms. The zero-order valence-corrected chi connectivity index (χ0v) is 19.9. The second-order valence-corrected chi connectivity index (χ2v) is 6.75. The fraction of sp³-hybridized carbons (Fsp3) is 0.238. The van der Waals surface area contributed by atoms with Crippen LogP contribution in [-0.4, -0.2) is 39.7 Å². The average Bonchev–Trinajstić information content (AvgIpc) is 3.38. The van der Waals surface area contributed by atoms with Crippen LogP contribution in [-0.2, 0) is 24.9 Å². The fourth-order valence-corrected chi connectivity index (χ4v) is 3.67. The molecule has 0 bridgehead atoms. The Balaban J connectivity index is 0.00000256. The molecule has 0 aliphatic heterocycles. The number of aromatic nitrogens is 6. The van der Waals surface area contributed by atoms with Gasteiger partial charge in [-0.3, -0.25) is 0 Å². The standard InChI is InChI=1S/C21H22N6O2.Zn/c1-3-21(4-2,15-7-5-9-17(24-15)26-19(28)11-13-22-26)16-8-6-10-18(25-16)27-20(29)12-14-23-27;/h5-14,28-29H,3-4H2,1-2H3;. The molecule has 0 unspecified atom stereocenters. The smallest absolute Gasteiger partial charge is 0.215 e. The van der Waals surface area contributed by atoms with Gasteiger partial charge in [0.05, 0.1) is 29.2 Å². The third kappa shape index (κ3) is 3.61. The van der Waals surface area contributed by atoms with E-state index in [1.807, 2.05) is 24.3 Å². The van der Waals surface area contributed by atoms with Crippen molar-refractivity contribution in [3.63, 3.8) is 0 Å². The molecular formula is C21H22N6O2Zn. The molecule has 0 aromatic carbocycles. The maximum Gasteiger partial charge on any atom is 0.215 e. The third-order valence-corrected chi connectivity index (χ3v) is 5.34. The van der Waals surface area contributed by atoms with Crippen LogP contribution < -0.4 is 0 Å². The zero-order chi connectivity index (χ0) is 20.4. The first-order valence-electron chi connectivity index (χ1n) is 9.51. The van der Waals surface area contributed by atoms with Crippen molar-refractivity contribution >= 4 is 0 Å². The first kappa shape index (κ1) is 21.6. The van der Waals surface area contributed by atoms with Crippen LogP contribution >= 0.6 is 0 Å². The van der Waals surface area contributed by atoms with Gasteiger partial charge in [0.2, 0.25) is 11.8 Å². The summed E-state index contributed by atoms with van der Waals surface area (Å²) in [7, 11) is 0. The summed E-state index contributed by atoms with van der Waals surface area (Å²) >= 11 is 0. The molecule has 4 rings (SSSR count). The SMILES string of the molecule is CCC(CC)(c1cccc(-n2nccc2O)n1)c1cccc(-n2nccc2O)n1.[Zn]. The first-order valence-corrected chi connectivity index (χ1v) is 9.51. The van der Waals surface area contributed by atoms with Crippen LogP contribution in [0.3, 0.4) is 0 Å². The van der Waals surface area contributed by atoms with Crippen LogP contribution in [0.25, 0.3) is 11.6 Å². The molecule has 0 aliphatic rings. The van der Waals surface area contributed by atoms with Crippen LogP contribution in [0.2, 0.25) is 0 Å². The quantitative estimate of drug-likeness (QED) is 0.432. The van der Waals surface area contributed by atoms with Crippen molar-refractivity contribution in [3.05, 3.63) is 72.3 Å². The summed E-state index contributed by atoms with van der Waals surface area (Å²) in [4.78, 5) is 9.61. The second-order valence-electron chi connectivity index (χ2n) is 6.75. The maximum atomic E-state index is 10.0. The van der Waals surface area contributed by atoms with E-state index in [1.165, 1.54) is 33.9 Å². The maximum absolute atomic E-state index is 10.0. The fourth-order valence-electron chi connectivity index (χ4n) is 3.67. The summed E-state index contributed by atoms with van der Waals surface area (Å²) in [6.07, 6.45) is 4.59. The minimum atomic E-state index is -0.447. The van der Waals surface area contributed by atoms with Gasteiger partial charge in [0, 0.05) is 31.6 Å². The molecule has 8 nitrogen and oxygen atoms in total.